The maximum Gasteiger partial charge on any atom is 0.411 e. The molecule has 0 saturated carbocycles. The van der Waals surface area contributed by atoms with Crippen LogP contribution in [0.25, 0.3) is 0 Å². The molecule has 0 unspecified atom stereocenters. The molecule has 1 aliphatic rings. The average Bonchev–Trinajstić information content (AvgIpc) is 3.39. The van der Waals surface area contributed by atoms with Gasteiger partial charge in [0.15, 0.2) is 12.2 Å². The Morgan fingerprint density at radius 2 is 1.24 bits per heavy atom. The molecule has 51 heavy (non-hydrogen) atoms. The van der Waals surface area contributed by atoms with E-state index in [4.69, 9.17) is 28.4 Å². The lowest BCUT2D eigenvalue weighted by Gasteiger charge is -2.39. The number of esters is 3. The molecule has 0 bridgehead atoms. The Bertz CT molecular complexity index is 1580. The predicted molar refractivity (Wildman–Crippen MR) is 185 cm³/mol. The second-order valence-electron chi connectivity index (χ2n) is 13.3. The highest BCUT2D eigenvalue weighted by Gasteiger charge is 2.60. The van der Waals surface area contributed by atoms with Crippen LogP contribution in [0.4, 0.5) is 4.79 Å². The van der Waals surface area contributed by atoms with Crippen LogP contribution < -0.4 is 0 Å². The number of aliphatic hydroxyl groups is 1. The first-order valence-electron chi connectivity index (χ1n) is 16.8. The lowest BCUT2D eigenvalue weighted by molar-refractivity contribution is -0.185. The molecule has 1 N–H and O–H groups in total. The molecule has 1 fully saturated rings. The van der Waals surface area contributed by atoms with Crippen LogP contribution in [0.1, 0.15) is 63.0 Å². The highest BCUT2D eigenvalue weighted by molar-refractivity contribution is 5.89. The lowest BCUT2D eigenvalue weighted by atomic mass is 9.95. The molecule has 274 valence electrons. The van der Waals surface area contributed by atoms with Crippen molar-refractivity contribution in [2.45, 2.75) is 103 Å². The zero-order valence-corrected chi connectivity index (χ0v) is 29.8. The number of benzene rings is 3. The summed E-state index contributed by atoms with van der Waals surface area (Å²) in [5.41, 5.74) is 0.894. The van der Waals surface area contributed by atoms with Crippen LogP contribution in [0.5, 0.6) is 0 Å². The number of rotatable bonds is 14. The summed E-state index contributed by atoms with van der Waals surface area (Å²) >= 11 is 0. The van der Waals surface area contributed by atoms with Gasteiger partial charge in [-0.25, -0.2) is 9.59 Å². The summed E-state index contributed by atoms with van der Waals surface area (Å²) in [6.45, 7) is 8.47. The summed E-state index contributed by atoms with van der Waals surface area (Å²) in [5.74, 6) is -2.18. The van der Waals surface area contributed by atoms with Gasteiger partial charge in [0, 0.05) is 13.8 Å². The number of likely N-dealkylation sites (tertiary alicyclic amines) is 1. The van der Waals surface area contributed by atoms with Gasteiger partial charge in [0.2, 0.25) is 0 Å². The largest absolute Gasteiger partial charge is 0.460 e. The quantitative estimate of drug-likeness (QED) is 0.173. The van der Waals surface area contributed by atoms with Crippen LogP contribution in [0, 0.1) is 0 Å². The molecule has 1 saturated heterocycles. The molecule has 12 heteroatoms. The van der Waals surface area contributed by atoms with Crippen molar-refractivity contribution in [1.29, 1.82) is 0 Å². The minimum atomic E-state index is -1.49. The van der Waals surface area contributed by atoms with Crippen molar-refractivity contribution in [1.82, 2.24) is 4.90 Å². The number of carbonyl (C=O) groups excluding carboxylic acids is 4. The highest BCUT2D eigenvalue weighted by Crippen LogP contribution is 2.38. The van der Waals surface area contributed by atoms with Crippen LogP contribution in [-0.2, 0) is 51.2 Å². The van der Waals surface area contributed by atoms with Gasteiger partial charge in [0.1, 0.15) is 30.5 Å². The minimum Gasteiger partial charge on any atom is -0.460 e. The van der Waals surface area contributed by atoms with Crippen molar-refractivity contribution in [3.8, 4) is 0 Å². The van der Waals surface area contributed by atoms with Crippen molar-refractivity contribution in [2.24, 2.45) is 0 Å². The first kappa shape index (κ1) is 39.0. The van der Waals surface area contributed by atoms with Gasteiger partial charge < -0.3 is 33.5 Å². The van der Waals surface area contributed by atoms with Crippen molar-refractivity contribution < 1.29 is 52.7 Å². The number of hydrogen-bond acceptors (Lipinski definition) is 11. The standard InChI is InChI=1S/C39H47NO11/c1-25(41)33(49-26(2)42)36(50-27(3)43)32-35(47-23-29-18-12-8-13-19-29)34(46-22-28-16-10-7-11-17-28)31(40(32)38(45)51-39(4,5)6)24-48-37(44)30-20-14-9-15-21-30/h7-21,25,31-36,41H,22-24H2,1-6H3/t25-,31-,32-,33-,34-,35+,36-/m1/s1. The molecule has 1 heterocycles. The van der Waals surface area contributed by atoms with Crippen LogP contribution in [-0.4, -0.2) is 88.8 Å². The number of aliphatic hydroxyl groups excluding tert-OH is 1. The summed E-state index contributed by atoms with van der Waals surface area (Å²) in [6, 6.07) is 24.6. The zero-order valence-electron chi connectivity index (χ0n) is 29.8. The third kappa shape index (κ3) is 11.1. The first-order chi connectivity index (χ1) is 24.2. The maximum absolute atomic E-state index is 14.4. The number of ether oxygens (including phenoxy) is 6. The van der Waals surface area contributed by atoms with E-state index in [-0.39, 0.29) is 25.4 Å². The van der Waals surface area contributed by atoms with E-state index >= 15 is 0 Å². The monoisotopic (exact) mass is 705 g/mol. The fourth-order valence-corrected chi connectivity index (χ4v) is 5.95. The highest BCUT2D eigenvalue weighted by atomic mass is 16.6. The molecule has 12 nitrogen and oxygen atoms in total. The lowest BCUT2D eigenvalue weighted by Crippen LogP contribution is -2.59. The molecule has 0 aliphatic carbocycles. The van der Waals surface area contributed by atoms with Gasteiger partial charge in [-0.3, -0.25) is 14.5 Å². The third-order valence-electron chi connectivity index (χ3n) is 8.03. The molecule has 1 amide bonds. The van der Waals surface area contributed by atoms with E-state index in [0.29, 0.717) is 0 Å². The third-order valence-corrected chi connectivity index (χ3v) is 8.03. The van der Waals surface area contributed by atoms with Crippen molar-refractivity contribution >= 4 is 24.0 Å². The van der Waals surface area contributed by atoms with E-state index < -0.39 is 72.2 Å². The average molecular weight is 706 g/mol. The fourth-order valence-electron chi connectivity index (χ4n) is 5.95. The van der Waals surface area contributed by atoms with Gasteiger partial charge in [-0.15, -0.1) is 0 Å². The van der Waals surface area contributed by atoms with Gasteiger partial charge in [-0.1, -0.05) is 78.9 Å². The fraction of sp³-hybridized carbons (Fsp3) is 0.436. The Morgan fingerprint density at radius 3 is 1.71 bits per heavy atom. The number of carbonyl (C=O) groups is 4. The van der Waals surface area contributed by atoms with E-state index in [9.17, 15) is 24.3 Å². The summed E-state index contributed by atoms with van der Waals surface area (Å²) < 4.78 is 36.3. The van der Waals surface area contributed by atoms with Gasteiger partial charge in [0.25, 0.3) is 0 Å². The van der Waals surface area contributed by atoms with Crippen molar-refractivity contribution in [2.75, 3.05) is 6.61 Å². The minimum absolute atomic E-state index is 0.0333. The van der Waals surface area contributed by atoms with Crippen molar-refractivity contribution in [3.63, 3.8) is 0 Å². The van der Waals surface area contributed by atoms with E-state index in [1.165, 1.54) is 11.8 Å². The van der Waals surface area contributed by atoms with Crippen LogP contribution in [0.3, 0.4) is 0 Å². The summed E-state index contributed by atoms with van der Waals surface area (Å²) in [7, 11) is 0. The molecular weight excluding hydrogens is 658 g/mol. The molecule has 0 spiro atoms. The van der Waals surface area contributed by atoms with E-state index in [1.807, 2.05) is 60.7 Å². The Labute approximate surface area is 298 Å². The van der Waals surface area contributed by atoms with Gasteiger partial charge in [-0.05, 0) is 51.0 Å². The van der Waals surface area contributed by atoms with E-state index in [2.05, 4.69) is 0 Å². The normalized spacial score (nSPS) is 20.5. The second-order valence-corrected chi connectivity index (χ2v) is 13.3. The van der Waals surface area contributed by atoms with Gasteiger partial charge in [-0.2, -0.15) is 0 Å². The Hall–Kier alpha value is -4.78. The van der Waals surface area contributed by atoms with E-state index in [1.54, 1.807) is 51.1 Å². The smallest absolute Gasteiger partial charge is 0.411 e. The zero-order chi connectivity index (χ0) is 37.1. The predicted octanol–water partition coefficient (Wildman–Crippen LogP) is 5.25. The number of hydrogen-bond donors (Lipinski definition) is 1. The first-order valence-corrected chi connectivity index (χ1v) is 16.8. The van der Waals surface area contributed by atoms with Crippen LogP contribution in [0.2, 0.25) is 0 Å². The SMILES string of the molecule is CC(=O)O[C@@H]([C@H](OC(C)=O)[C@@H](C)O)[C@H]1[C@H](OCc2ccccc2)[C@H](OCc2ccccc2)[C@@H](COC(=O)c2ccccc2)N1C(=O)OC(C)(C)C. The summed E-state index contributed by atoms with van der Waals surface area (Å²) in [4.78, 5) is 54.0. The van der Waals surface area contributed by atoms with Crippen LogP contribution in [0.15, 0.2) is 91.0 Å². The summed E-state index contributed by atoms with van der Waals surface area (Å²) in [6.07, 6.45) is -7.31. The molecule has 4 rings (SSSR count). The van der Waals surface area contributed by atoms with Gasteiger partial charge >= 0.3 is 24.0 Å². The molecular formula is C39H47NO11. The molecule has 0 radical (unpaired) electrons. The molecule has 0 aromatic heterocycles. The summed E-state index contributed by atoms with van der Waals surface area (Å²) in [5, 5.41) is 11.0. The Balaban J connectivity index is 1.89. The molecule has 3 aromatic carbocycles. The number of nitrogens with zero attached hydrogens (tertiary/aromatic N) is 1. The number of amides is 1. The van der Waals surface area contributed by atoms with Crippen molar-refractivity contribution in [3.05, 3.63) is 108 Å². The second kappa shape index (κ2) is 17.9. The molecule has 1 aliphatic heterocycles. The van der Waals surface area contributed by atoms with E-state index in [0.717, 1.165) is 25.0 Å². The van der Waals surface area contributed by atoms with Gasteiger partial charge in [0.05, 0.1) is 30.9 Å². The topological polar surface area (TPSA) is 147 Å². The van der Waals surface area contributed by atoms with Crippen LogP contribution >= 0.6 is 0 Å². The Kier molecular flexibility index (Phi) is 13.7. The molecule has 7 atom stereocenters. The molecule has 3 aromatic rings. The maximum atomic E-state index is 14.4. The Morgan fingerprint density at radius 1 is 0.745 bits per heavy atom.